The van der Waals surface area contributed by atoms with Crippen molar-refractivity contribution < 1.29 is 9.63 Å². The SMILES string of the molecule is N/C(=N\OC(=O)CSc1nc2ccccc2s1)c1ccccc1. The lowest BCUT2D eigenvalue weighted by Crippen LogP contribution is -2.15. The zero-order chi connectivity index (χ0) is 16.1. The maximum absolute atomic E-state index is 11.7. The minimum absolute atomic E-state index is 0.130. The van der Waals surface area contributed by atoms with Crippen LogP contribution in [0.15, 0.2) is 64.1 Å². The molecule has 0 saturated carbocycles. The standard InChI is InChI=1S/C16H13N3O2S2/c17-15(11-6-2-1-3-7-11)19-21-14(20)10-22-16-18-12-8-4-5-9-13(12)23-16/h1-9H,10H2,(H2,17,19). The predicted molar refractivity (Wildman–Crippen MR) is 93.6 cm³/mol. The first kappa shape index (κ1) is 15.5. The van der Waals surface area contributed by atoms with E-state index in [-0.39, 0.29) is 11.6 Å². The number of amidine groups is 1. The number of nitrogens with zero attached hydrogens (tertiary/aromatic N) is 2. The molecular weight excluding hydrogens is 330 g/mol. The largest absolute Gasteiger partial charge is 0.380 e. The molecular formula is C16H13N3O2S2. The van der Waals surface area contributed by atoms with Gasteiger partial charge in [0.05, 0.1) is 10.2 Å². The van der Waals surface area contributed by atoms with Crippen LogP contribution in [0, 0.1) is 0 Å². The Hall–Kier alpha value is -2.38. The zero-order valence-electron chi connectivity index (χ0n) is 12.0. The van der Waals surface area contributed by atoms with E-state index in [1.807, 2.05) is 42.5 Å². The third kappa shape index (κ3) is 4.08. The molecule has 1 aromatic heterocycles. The average Bonchev–Trinajstić information content (AvgIpc) is 3.01. The molecule has 116 valence electrons. The number of benzene rings is 2. The Morgan fingerprint density at radius 2 is 1.91 bits per heavy atom. The van der Waals surface area contributed by atoms with E-state index < -0.39 is 5.97 Å². The summed E-state index contributed by atoms with van der Waals surface area (Å²) in [6, 6.07) is 17.0. The fraction of sp³-hybridized carbons (Fsp3) is 0.0625. The molecule has 1 heterocycles. The molecule has 0 aliphatic heterocycles. The Morgan fingerprint density at radius 1 is 1.17 bits per heavy atom. The quantitative estimate of drug-likeness (QED) is 0.253. The van der Waals surface area contributed by atoms with Crippen LogP contribution < -0.4 is 5.73 Å². The Morgan fingerprint density at radius 3 is 2.70 bits per heavy atom. The van der Waals surface area contributed by atoms with Crippen molar-refractivity contribution in [2.75, 3.05) is 5.75 Å². The summed E-state index contributed by atoms with van der Waals surface area (Å²) < 4.78 is 1.91. The molecule has 0 saturated heterocycles. The second-order valence-corrected chi connectivity index (χ2v) is 6.80. The van der Waals surface area contributed by atoms with Gasteiger partial charge in [-0.05, 0) is 12.1 Å². The lowest BCUT2D eigenvalue weighted by molar-refractivity contribution is -0.140. The van der Waals surface area contributed by atoms with Crippen LogP contribution in [0.2, 0.25) is 0 Å². The van der Waals surface area contributed by atoms with Gasteiger partial charge in [-0.1, -0.05) is 59.4 Å². The molecule has 0 amide bonds. The summed E-state index contributed by atoms with van der Waals surface area (Å²) in [5, 5.41) is 3.66. The predicted octanol–water partition coefficient (Wildman–Crippen LogP) is 3.25. The highest BCUT2D eigenvalue weighted by Crippen LogP contribution is 2.29. The molecule has 0 atom stereocenters. The van der Waals surface area contributed by atoms with Gasteiger partial charge in [-0.15, -0.1) is 11.3 Å². The van der Waals surface area contributed by atoms with Gasteiger partial charge in [-0.25, -0.2) is 9.78 Å². The third-order valence-corrected chi connectivity index (χ3v) is 5.06. The first-order chi connectivity index (χ1) is 11.2. The Labute approximate surface area is 141 Å². The topological polar surface area (TPSA) is 77.6 Å². The van der Waals surface area contributed by atoms with Gasteiger partial charge in [0.2, 0.25) is 0 Å². The summed E-state index contributed by atoms with van der Waals surface area (Å²) in [6.07, 6.45) is 0. The molecule has 0 spiro atoms. The summed E-state index contributed by atoms with van der Waals surface area (Å²) in [7, 11) is 0. The van der Waals surface area contributed by atoms with Crippen molar-refractivity contribution in [3.8, 4) is 0 Å². The van der Waals surface area contributed by atoms with Gasteiger partial charge in [0.1, 0.15) is 5.75 Å². The number of thiazole rings is 1. The van der Waals surface area contributed by atoms with Crippen molar-refractivity contribution in [3.05, 3.63) is 60.2 Å². The molecule has 23 heavy (non-hydrogen) atoms. The minimum Gasteiger partial charge on any atom is -0.380 e. The van der Waals surface area contributed by atoms with Crippen LogP contribution in [0.4, 0.5) is 0 Å². The number of carbonyl (C=O) groups is 1. The fourth-order valence-corrected chi connectivity index (χ4v) is 3.66. The number of oxime groups is 1. The van der Waals surface area contributed by atoms with E-state index in [0.29, 0.717) is 5.56 Å². The van der Waals surface area contributed by atoms with Gasteiger partial charge < -0.3 is 10.6 Å². The van der Waals surface area contributed by atoms with E-state index in [1.165, 1.54) is 11.8 Å². The van der Waals surface area contributed by atoms with E-state index in [4.69, 9.17) is 10.6 Å². The van der Waals surface area contributed by atoms with Gasteiger partial charge >= 0.3 is 5.97 Å². The van der Waals surface area contributed by atoms with Crippen LogP contribution in [0.5, 0.6) is 0 Å². The van der Waals surface area contributed by atoms with Crippen molar-refractivity contribution >= 4 is 45.1 Å². The summed E-state index contributed by atoms with van der Waals surface area (Å²) in [6.45, 7) is 0. The van der Waals surface area contributed by atoms with Gasteiger partial charge in [0.15, 0.2) is 10.2 Å². The molecule has 0 bridgehead atoms. The maximum Gasteiger partial charge on any atom is 0.345 e. The first-order valence-electron chi connectivity index (χ1n) is 6.79. The van der Waals surface area contributed by atoms with Gasteiger partial charge in [-0.3, -0.25) is 0 Å². The second kappa shape index (κ2) is 7.26. The molecule has 0 unspecified atom stereocenters. The third-order valence-electron chi connectivity index (χ3n) is 2.90. The van der Waals surface area contributed by atoms with Crippen LogP contribution in [0.3, 0.4) is 0 Å². The molecule has 3 aromatic rings. The minimum atomic E-state index is -0.465. The highest BCUT2D eigenvalue weighted by Gasteiger charge is 2.09. The molecule has 0 radical (unpaired) electrons. The Bertz CT molecular complexity index is 814. The fourth-order valence-electron chi connectivity index (χ4n) is 1.82. The lowest BCUT2D eigenvalue weighted by Gasteiger charge is -2.00. The van der Waals surface area contributed by atoms with Crippen LogP contribution in [-0.4, -0.2) is 22.5 Å². The molecule has 2 N–H and O–H groups in total. The number of hydrogen-bond acceptors (Lipinski definition) is 6. The number of nitrogens with two attached hydrogens (primary N) is 1. The number of thioether (sulfide) groups is 1. The van der Waals surface area contributed by atoms with Crippen molar-refractivity contribution in [1.82, 2.24) is 4.98 Å². The molecule has 5 nitrogen and oxygen atoms in total. The Balaban J connectivity index is 1.55. The van der Waals surface area contributed by atoms with Crippen molar-refractivity contribution in [2.45, 2.75) is 4.34 Å². The highest BCUT2D eigenvalue weighted by atomic mass is 32.2. The number of carbonyl (C=O) groups excluding carboxylic acids is 1. The summed E-state index contributed by atoms with van der Waals surface area (Å²) >= 11 is 2.87. The molecule has 2 aromatic carbocycles. The zero-order valence-corrected chi connectivity index (χ0v) is 13.6. The van der Waals surface area contributed by atoms with E-state index in [1.54, 1.807) is 23.5 Å². The van der Waals surface area contributed by atoms with Crippen LogP contribution in [0.1, 0.15) is 5.56 Å². The average molecular weight is 343 g/mol. The maximum atomic E-state index is 11.7. The molecule has 0 aliphatic rings. The van der Waals surface area contributed by atoms with Crippen LogP contribution in [-0.2, 0) is 9.63 Å². The lowest BCUT2D eigenvalue weighted by atomic mass is 10.2. The van der Waals surface area contributed by atoms with Crippen molar-refractivity contribution in [3.63, 3.8) is 0 Å². The van der Waals surface area contributed by atoms with Gasteiger partial charge in [0.25, 0.3) is 0 Å². The normalized spacial score (nSPS) is 11.6. The number of aromatic nitrogens is 1. The summed E-state index contributed by atoms with van der Waals surface area (Å²) in [5.41, 5.74) is 7.40. The van der Waals surface area contributed by atoms with Gasteiger partial charge in [-0.2, -0.15) is 0 Å². The van der Waals surface area contributed by atoms with E-state index in [9.17, 15) is 4.79 Å². The summed E-state index contributed by atoms with van der Waals surface area (Å²) in [5.74, 6) is -0.164. The number of para-hydroxylation sites is 1. The van der Waals surface area contributed by atoms with Crippen molar-refractivity contribution in [2.24, 2.45) is 10.9 Å². The number of hydrogen-bond donors (Lipinski definition) is 1. The smallest absolute Gasteiger partial charge is 0.345 e. The molecule has 7 heteroatoms. The molecule has 0 fully saturated rings. The molecule has 3 rings (SSSR count). The second-order valence-electron chi connectivity index (χ2n) is 4.54. The van der Waals surface area contributed by atoms with Crippen LogP contribution in [0.25, 0.3) is 10.2 Å². The Kier molecular flexibility index (Phi) is 4.89. The molecule has 0 aliphatic carbocycles. The number of rotatable bonds is 5. The number of fused-ring (bicyclic) bond motifs is 1. The van der Waals surface area contributed by atoms with Crippen molar-refractivity contribution in [1.29, 1.82) is 0 Å². The van der Waals surface area contributed by atoms with E-state index >= 15 is 0 Å². The summed E-state index contributed by atoms with van der Waals surface area (Å²) in [4.78, 5) is 21.0. The van der Waals surface area contributed by atoms with E-state index in [2.05, 4.69) is 10.1 Å². The first-order valence-corrected chi connectivity index (χ1v) is 8.60. The highest BCUT2D eigenvalue weighted by molar-refractivity contribution is 8.01. The monoisotopic (exact) mass is 343 g/mol. The van der Waals surface area contributed by atoms with Crippen LogP contribution >= 0.6 is 23.1 Å². The van der Waals surface area contributed by atoms with Gasteiger partial charge in [0, 0.05) is 5.56 Å². The van der Waals surface area contributed by atoms with E-state index in [0.717, 1.165) is 14.6 Å².